The van der Waals surface area contributed by atoms with E-state index in [2.05, 4.69) is 9.97 Å². The number of hydrogen-bond acceptors (Lipinski definition) is 5. The molecule has 0 amide bonds. The van der Waals surface area contributed by atoms with Crippen LogP contribution in [0, 0.1) is 0 Å². The van der Waals surface area contributed by atoms with Crippen molar-refractivity contribution in [3.8, 4) is 0 Å². The molecular weight excluding hydrogens is 234 g/mol. The third-order valence-corrected chi connectivity index (χ3v) is 2.79. The number of nitrogens with zero attached hydrogens (tertiary/aromatic N) is 3. The van der Waals surface area contributed by atoms with Gasteiger partial charge in [0.15, 0.2) is 0 Å². The lowest BCUT2D eigenvalue weighted by Crippen LogP contribution is -2.16. The van der Waals surface area contributed by atoms with E-state index in [-0.39, 0.29) is 0 Å². The summed E-state index contributed by atoms with van der Waals surface area (Å²) in [6.07, 6.45) is 1.57. The molecule has 0 N–H and O–H groups in total. The fourth-order valence-electron chi connectivity index (χ4n) is 1.16. The lowest BCUT2D eigenvalue weighted by molar-refractivity contribution is 0.543. The van der Waals surface area contributed by atoms with E-state index in [9.17, 15) is 0 Å². The number of halogens is 1. The molecule has 4 nitrogen and oxygen atoms in total. The van der Waals surface area contributed by atoms with Crippen LogP contribution in [0.5, 0.6) is 0 Å². The van der Waals surface area contributed by atoms with Gasteiger partial charge in [-0.25, -0.2) is 4.98 Å². The van der Waals surface area contributed by atoms with Crippen LogP contribution in [0.2, 0.25) is 0 Å². The van der Waals surface area contributed by atoms with Gasteiger partial charge < -0.3 is 9.32 Å². The van der Waals surface area contributed by atoms with Gasteiger partial charge in [-0.05, 0) is 0 Å². The van der Waals surface area contributed by atoms with Crippen LogP contribution in [0.25, 0.3) is 0 Å². The summed E-state index contributed by atoms with van der Waals surface area (Å²) in [4.78, 5) is 10.3. The average molecular weight is 244 g/mol. The van der Waals surface area contributed by atoms with Crippen molar-refractivity contribution < 1.29 is 4.42 Å². The number of rotatable bonds is 4. The highest BCUT2D eigenvalue weighted by atomic mass is 35.5. The van der Waals surface area contributed by atoms with Gasteiger partial charge in [0.1, 0.15) is 6.26 Å². The SMILES string of the molecule is CN(Cc1cscn1)c1nc(CCl)co1. The van der Waals surface area contributed by atoms with Gasteiger partial charge in [-0.2, -0.15) is 4.98 Å². The molecule has 0 radical (unpaired) electrons. The van der Waals surface area contributed by atoms with E-state index in [1.807, 2.05) is 22.8 Å². The Kier molecular flexibility index (Phi) is 3.23. The summed E-state index contributed by atoms with van der Waals surface area (Å²) < 4.78 is 5.27. The molecule has 0 atom stereocenters. The van der Waals surface area contributed by atoms with Crippen LogP contribution in [0.3, 0.4) is 0 Å². The summed E-state index contributed by atoms with van der Waals surface area (Å²) in [6, 6.07) is 0.568. The van der Waals surface area contributed by atoms with Gasteiger partial charge in [0.05, 0.1) is 29.3 Å². The molecule has 2 rings (SSSR count). The molecular formula is C9H10ClN3OS. The van der Waals surface area contributed by atoms with E-state index in [0.717, 1.165) is 11.4 Å². The number of thiazole rings is 1. The number of aromatic nitrogens is 2. The number of hydrogen-bond donors (Lipinski definition) is 0. The first-order chi connectivity index (χ1) is 7.29. The molecule has 2 aromatic rings. The Balaban J connectivity index is 2.04. The van der Waals surface area contributed by atoms with Crippen molar-refractivity contribution in [2.24, 2.45) is 0 Å². The Hall–Kier alpha value is -1.07. The summed E-state index contributed by atoms with van der Waals surface area (Å²) in [7, 11) is 1.91. The van der Waals surface area contributed by atoms with Gasteiger partial charge in [0, 0.05) is 12.4 Å². The van der Waals surface area contributed by atoms with Crippen molar-refractivity contribution in [3.63, 3.8) is 0 Å². The topological polar surface area (TPSA) is 42.2 Å². The minimum absolute atomic E-state index is 0.369. The van der Waals surface area contributed by atoms with Gasteiger partial charge in [0.25, 0.3) is 6.01 Å². The van der Waals surface area contributed by atoms with E-state index in [1.54, 1.807) is 17.6 Å². The lowest BCUT2D eigenvalue weighted by atomic mass is 10.4. The minimum atomic E-state index is 0.369. The lowest BCUT2D eigenvalue weighted by Gasteiger charge is -2.11. The van der Waals surface area contributed by atoms with Crippen LogP contribution < -0.4 is 4.90 Å². The summed E-state index contributed by atoms with van der Waals surface area (Å²) >= 11 is 7.21. The van der Waals surface area contributed by atoms with Crippen molar-refractivity contribution in [2.45, 2.75) is 12.4 Å². The van der Waals surface area contributed by atoms with Crippen LogP contribution in [0.15, 0.2) is 21.6 Å². The molecule has 2 aromatic heterocycles. The highest BCUT2D eigenvalue weighted by Gasteiger charge is 2.09. The first-order valence-electron chi connectivity index (χ1n) is 4.38. The molecule has 2 heterocycles. The largest absolute Gasteiger partial charge is 0.432 e. The summed E-state index contributed by atoms with van der Waals surface area (Å²) in [5.41, 5.74) is 3.56. The minimum Gasteiger partial charge on any atom is -0.432 e. The predicted octanol–water partition coefficient (Wildman–Crippen LogP) is 2.51. The van der Waals surface area contributed by atoms with E-state index >= 15 is 0 Å². The molecule has 0 unspecified atom stereocenters. The third kappa shape index (κ3) is 2.49. The molecule has 0 aromatic carbocycles. The summed E-state index contributed by atoms with van der Waals surface area (Å²) in [6.45, 7) is 0.686. The molecule has 0 aliphatic rings. The Morgan fingerprint density at radius 2 is 2.40 bits per heavy atom. The van der Waals surface area contributed by atoms with E-state index in [0.29, 0.717) is 18.4 Å². The second-order valence-corrected chi connectivity index (χ2v) is 4.08. The fraction of sp³-hybridized carbons (Fsp3) is 0.333. The standard InChI is InChI=1S/C9H10ClN3OS/c1-13(3-8-5-15-6-11-8)9-12-7(2-10)4-14-9/h4-6H,2-3H2,1H3. The second kappa shape index (κ2) is 4.63. The van der Waals surface area contributed by atoms with E-state index < -0.39 is 0 Å². The number of oxazole rings is 1. The van der Waals surface area contributed by atoms with Gasteiger partial charge in [0.2, 0.25) is 0 Å². The first kappa shape index (κ1) is 10.4. The van der Waals surface area contributed by atoms with Crippen molar-refractivity contribution in [1.29, 1.82) is 0 Å². The molecule has 80 valence electrons. The maximum atomic E-state index is 5.64. The van der Waals surface area contributed by atoms with Gasteiger partial charge in [-0.3, -0.25) is 0 Å². The third-order valence-electron chi connectivity index (χ3n) is 1.89. The monoisotopic (exact) mass is 243 g/mol. The zero-order valence-corrected chi connectivity index (χ0v) is 9.75. The number of alkyl halides is 1. The molecule has 0 bridgehead atoms. The molecule has 0 saturated carbocycles. The van der Waals surface area contributed by atoms with E-state index in [1.165, 1.54) is 0 Å². The molecule has 15 heavy (non-hydrogen) atoms. The zero-order valence-electron chi connectivity index (χ0n) is 8.18. The van der Waals surface area contributed by atoms with Crippen LogP contribution in [0.1, 0.15) is 11.4 Å². The molecule has 0 saturated heterocycles. The molecule has 0 aliphatic heterocycles. The summed E-state index contributed by atoms with van der Waals surface area (Å²) in [5, 5.41) is 2.00. The van der Waals surface area contributed by atoms with Crippen LogP contribution in [-0.4, -0.2) is 17.0 Å². The molecule has 0 aliphatic carbocycles. The van der Waals surface area contributed by atoms with Crippen molar-refractivity contribution in [2.75, 3.05) is 11.9 Å². The second-order valence-electron chi connectivity index (χ2n) is 3.09. The highest BCUT2D eigenvalue weighted by molar-refractivity contribution is 7.07. The Labute approximate surface area is 96.5 Å². The molecule has 6 heteroatoms. The van der Waals surface area contributed by atoms with Crippen molar-refractivity contribution in [3.05, 3.63) is 28.5 Å². The summed E-state index contributed by atoms with van der Waals surface area (Å²) in [5.74, 6) is 0.369. The zero-order chi connectivity index (χ0) is 10.7. The normalized spacial score (nSPS) is 10.5. The van der Waals surface area contributed by atoms with Gasteiger partial charge in [-0.15, -0.1) is 22.9 Å². The quantitative estimate of drug-likeness (QED) is 0.774. The first-order valence-corrected chi connectivity index (χ1v) is 5.86. The fourth-order valence-corrected chi connectivity index (χ4v) is 1.83. The number of anilines is 1. The average Bonchev–Trinajstić information content (AvgIpc) is 2.86. The predicted molar refractivity (Wildman–Crippen MR) is 60.3 cm³/mol. The van der Waals surface area contributed by atoms with E-state index in [4.69, 9.17) is 16.0 Å². The maximum absolute atomic E-state index is 5.64. The van der Waals surface area contributed by atoms with Crippen LogP contribution >= 0.6 is 22.9 Å². The highest BCUT2D eigenvalue weighted by Crippen LogP contribution is 2.15. The Morgan fingerprint density at radius 3 is 3.00 bits per heavy atom. The van der Waals surface area contributed by atoms with Crippen LogP contribution in [0.4, 0.5) is 6.01 Å². The maximum Gasteiger partial charge on any atom is 0.297 e. The smallest absolute Gasteiger partial charge is 0.297 e. The molecule has 0 spiro atoms. The molecule has 0 fully saturated rings. The van der Waals surface area contributed by atoms with Crippen molar-refractivity contribution >= 4 is 29.0 Å². The van der Waals surface area contributed by atoms with Gasteiger partial charge >= 0.3 is 0 Å². The van der Waals surface area contributed by atoms with Crippen molar-refractivity contribution in [1.82, 2.24) is 9.97 Å². The van der Waals surface area contributed by atoms with Crippen LogP contribution in [-0.2, 0) is 12.4 Å². The Bertz CT molecular complexity index is 415. The van der Waals surface area contributed by atoms with Gasteiger partial charge in [-0.1, -0.05) is 0 Å². The Morgan fingerprint density at radius 1 is 1.53 bits per heavy atom.